The summed E-state index contributed by atoms with van der Waals surface area (Å²) >= 11 is 0. The molecule has 0 aliphatic heterocycles. The Labute approximate surface area is 118 Å². The zero-order valence-electron chi connectivity index (χ0n) is 11.2. The van der Waals surface area contributed by atoms with Gasteiger partial charge in [-0.15, -0.1) is 0 Å². The van der Waals surface area contributed by atoms with Gasteiger partial charge in [0.2, 0.25) is 6.41 Å². The van der Waals surface area contributed by atoms with Gasteiger partial charge in [0.15, 0.2) is 0 Å². The van der Waals surface area contributed by atoms with Crippen molar-refractivity contribution in [3.8, 4) is 5.75 Å². The van der Waals surface area contributed by atoms with Crippen LogP contribution < -0.4 is 15.8 Å². The van der Waals surface area contributed by atoms with E-state index in [9.17, 15) is 4.79 Å². The van der Waals surface area contributed by atoms with E-state index in [1.54, 1.807) is 0 Å². The Morgan fingerprint density at radius 3 is 2.60 bits per heavy atom. The van der Waals surface area contributed by atoms with Gasteiger partial charge in [0.1, 0.15) is 12.4 Å². The standard InChI is InChI=1S/C16H18N2O2/c17-9-8-13-6-7-16(15(10-13)18-12-19)20-11-14-4-2-1-3-5-14/h1-7,10,12H,8-9,11,17H2,(H,18,19). The van der Waals surface area contributed by atoms with Crippen LogP contribution in [0.2, 0.25) is 0 Å². The summed E-state index contributed by atoms with van der Waals surface area (Å²) in [5, 5.41) is 2.66. The van der Waals surface area contributed by atoms with E-state index in [0.29, 0.717) is 31.0 Å². The van der Waals surface area contributed by atoms with Crippen molar-refractivity contribution in [2.45, 2.75) is 13.0 Å². The SMILES string of the molecule is NCCc1ccc(OCc2ccccc2)c(NC=O)c1. The van der Waals surface area contributed by atoms with Gasteiger partial charge < -0.3 is 15.8 Å². The Balaban J connectivity index is 2.11. The topological polar surface area (TPSA) is 64.3 Å². The van der Waals surface area contributed by atoms with Gasteiger partial charge in [0, 0.05) is 0 Å². The highest BCUT2D eigenvalue weighted by Gasteiger charge is 2.05. The van der Waals surface area contributed by atoms with E-state index >= 15 is 0 Å². The zero-order valence-corrected chi connectivity index (χ0v) is 11.2. The molecule has 0 heterocycles. The van der Waals surface area contributed by atoms with Gasteiger partial charge in [0.25, 0.3) is 0 Å². The molecule has 0 aliphatic rings. The van der Waals surface area contributed by atoms with Crippen molar-refractivity contribution >= 4 is 12.1 Å². The molecule has 4 heteroatoms. The Morgan fingerprint density at radius 2 is 1.90 bits per heavy atom. The van der Waals surface area contributed by atoms with Crippen molar-refractivity contribution in [3.05, 3.63) is 59.7 Å². The van der Waals surface area contributed by atoms with Crippen LogP contribution in [0.25, 0.3) is 0 Å². The molecule has 0 radical (unpaired) electrons. The predicted molar refractivity (Wildman–Crippen MR) is 79.7 cm³/mol. The summed E-state index contributed by atoms with van der Waals surface area (Å²) in [6, 6.07) is 15.6. The smallest absolute Gasteiger partial charge is 0.211 e. The lowest BCUT2D eigenvalue weighted by Gasteiger charge is -2.12. The Morgan fingerprint density at radius 1 is 1.10 bits per heavy atom. The average Bonchev–Trinajstić information content (AvgIpc) is 2.48. The Hall–Kier alpha value is -2.33. The molecule has 1 amide bonds. The summed E-state index contributed by atoms with van der Waals surface area (Å²) in [5.74, 6) is 0.654. The number of carbonyl (C=O) groups is 1. The van der Waals surface area contributed by atoms with Crippen molar-refractivity contribution in [1.29, 1.82) is 0 Å². The summed E-state index contributed by atoms with van der Waals surface area (Å²) in [6.45, 7) is 1.04. The van der Waals surface area contributed by atoms with Gasteiger partial charge in [-0.3, -0.25) is 4.79 Å². The summed E-state index contributed by atoms with van der Waals surface area (Å²) < 4.78 is 5.76. The number of benzene rings is 2. The first-order valence-electron chi connectivity index (χ1n) is 6.53. The summed E-state index contributed by atoms with van der Waals surface area (Å²) in [5.41, 5.74) is 8.36. The van der Waals surface area contributed by atoms with Crippen molar-refractivity contribution < 1.29 is 9.53 Å². The predicted octanol–water partition coefficient (Wildman–Crippen LogP) is 2.34. The monoisotopic (exact) mass is 270 g/mol. The lowest BCUT2D eigenvalue weighted by Crippen LogP contribution is -2.05. The first-order chi connectivity index (χ1) is 9.83. The van der Waals surface area contributed by atoms with Gasteiger partial charge in [0.05, 0.1) is 5.69 Å². The molecule has 0 saturated carbocycles. The molecule has 4 nitrogen and oxygen atoms in total. The average molecular weight is 270 g/mol. The third-order valence-corrected chi connectivity index (χ3v) is 2.93. The first kappa shape index (κ1) is 14.1. The fourth-order valence-corrected chi connectivity index (χ4v) is 1.94. The lowest BCUT2D eigenvalue weighted by molar-refractivity contribution is -0.105. The van der Waals surface area contributed by atoms with E-state index in [-0.39, 0.29) is 0 Å². The van der Waals surface area contributed by atoms with Crippen molar-refractivity contribution in [2.24, 2.45) is 5.73 Å². The van der Waals surface area contributed by atoms with Crippen LogP contribution in [-0.2, 0) is 17.8 Å². The van der Waals surface area contributed by atoms with Gasteiger partial charge in [-0.2, -0.15) is 0 Å². The maximum Gasteiger partial charge on any atom is 0.211 e. The molecular formula is C16H18N2O2. The molecular weight excluding hydrogens is 252 g/mol. The highest BCUT2D eigenvalue weighted by atomic mass is 16.5. The number of hydrogen-bond acceptors (Lipinski definition) is 3. The second kappa shape index (κ2) is 7.31. The molecule has 0 spiro atoms. The van der Waals surface area contributed by atoms with Crippen LogP contribution in [0.15, 0.2) is 48.5 Å². The van der Waals surface area contributed by atoms with Crippen LogP contribution in [0.3, 0.4) is 0 Å². The van der Waals surface area contributed by atoms with Gasteiger partial charge in [-0.25, -0.2) is 0 Å². The van der Waals surface area contributed by atoms with E-state index in [4.69, 9.17) is 10.5 Å². The quantitative estimate of drug-likeness (QED) is 0.759. The normalized spacial score (nSPS) is 10.1. The number of nitrogens with one attached hydrogen (secondary N) is 1. The summed E-state index contributed by atoms with van der Waals surface area (Å²) in [4.78, 5) is 10.7. The number of ether oxygens (including phenoxy) is 1. The van der Waals surface area contributed by atoms with Crippen LogP contribution in [0.4, 0.5) is 5.69 Å². The largest absolute Gasteiger partial charge is 0.487 e. The third-order valence-electron chi connectivity index (χ3n) is 2.93. The minimum absolute atomic E-state index is 0.463. The minimum atomic E-state index is 0.463. The van der Waals surface area contributed by atoms with Crippen LogP contribution in [0.1, 0.15) is 11.1 Å². The van der Waals surface area contributed by atoms with Crippen LogP contribution in [0, 0.1) is 0 Å². The minimum Gasteiger partial charge on any atom is -0.487 e. The van der Waals surface area contributed by atoms with E-state index in [0.717, 1.165) is 17.5 Å². The molecule has 0 fully saturated rings. The van der Waals surface area contributed by atoms with Crippen molar-refractivity contribution in [1.82, 2.24) is 0 Å². The summed E-state index contributed by atoms with van der Waals surface area (Å²) in [7, 11) is 0. The van der Waals surface area contributed by atoms with Crippen molar-refractivity contribution in [3.63, 3.8) is 0 Å². The second-order valence-electron chi connectivity index (χ2n) is 4.41. The maximum absolute atomic E-state index is 10.7. The number of amides is 1. The molecule has 0 unspecified atom stereocenters. The van der Waals surface area contributed by atoms with Crippen LogP contribution in [0.5, 0.6) is 5.75 Å². The molecule has 104 valence electrons. The maximum atomic E-state index is 10.7. The second-order valence-corrected chi connectivity index (χ2v) is 4.41. The molecule has 0 bridgehead atoms. The number of rotatable bonds is 7. The van der Waals surface area contributed by atoms with E-state index < -0.39 is 0 Å². The molecule has 2 aromatic carbocycles. The molecule has 2 aromatic rings. The van der Waals surface area contributed by atoms with Crippen molar-refractivity contribution in [2.75, 3.05) is 11.9 Å². The fourth-order valence-electron chi connectivity index (χ4n) is 1.94. The fraction of sp³-hybridized carbons (Fsp3) is 0.188. The Bertz CT molecular complexity index is 556. The van der Waals surface area contributed by atoms with Crippen LogP contribution in [-0.4, -0.2) is 13.0 Å². The lowest BCUT2D eigenvalue weighted by atomic mass is 10.1. The highest BCUT2D eigenvalue weighted by Crippen LogP contribution is 2.26. The zero-order chi connectivity index (χ0) is 14.2. The molecule has 3 N–H and O–H groups in total. The van der Waals surface area contributed by atoms with Gasteiger partial charge >= 0.3 is 0 Å². The summed E-state index contributed by atoms with van der Waals surface area (Å²) in [6.07, 6.45) is 1.42. The molecule has 20 heavy (non-hydrogen) atoms. The molecule has 0 atom stereocenters. The number of carbonyl (C=O) groups excluding carboxylic acids is 1. The molecule has 0 aromatic heterocycles. The first-order valence-corrected chi connectivity index (χ1v) is 6.53. The van der Waals surface area contributed by atoms with Gasteiger partial charge in [-0.1, -0.05) is 36.4 Å². The van der Waals surface area contributed by atoms with E-state index in [1.807, 2.05) is 48.5 Å². The number of hydrogen-bond donors (Lipinski definition) is 2. The number of nitrogens with two attached hydrogens (primary N) is 1. The molecule has 2 rings (SSSR count). The van der Waals surface area contributed by atoms with E-state index in [1.165, 1.54) is 0 Å². The highest BCUT2D eigenvalue weighted by molar-refractivity contribution is 5.75. The third kappa shape index (κ3) is 3.83. The van der Waals surface area contributed by atoms with E-state index in [2.05, 4.69) is 5.32 Å². The molecule has 0 saturated heterocycles. The van der Waals surface area contributed by atoms with Gasteiger partial charge in [-0.05, 0) is 36.2 Å². The van der Waals surface area contributed by atoms with Crippen LogP contribution >= 0.6 is 0 Å². The molecule has 0 aliphatic carbocycles. The Kier molecular flexibility index (Phi) is 5.15. The number of anilines is 1.